The minimum atomic E-state index is 0.102. The van der Waals surface area contributed by atoms with E-state index in [1.165, 1.54) is 0 Å². The molecule has 1 aromatic heterocycles. The van der Waals surface area contributed by atoms with Crippen molar-refractivity contribution in [2.75, 3.05) is 33.4 Å². The van der Waals surface area contributed by atoms with Gasteiger partial charge in [-0.25, -0.2) is 0 Å². The topological polar surface area (TPSA) is 50.6 Å². The Morgan fingerprint density at radius 3 is 3.04 bits per heavy atom. The van der Waals surface area contributed by atoms with E-state index in [1.807, 2.05) is 23.1 Å². The van der Waals surface area contributed by atoms with Gasteiger partial charge in [-0.2, -0.15) is 5.10 Å². The number of likely N-dealkylation sites (N-methyl/N-ethyl adjacent to an activating group) is 1. The Hall–Kier alpha value is -1.40. The molecule has 126 valence electrons. The summed E-state index contributed by atoms with van der Waals surface area (Å²) >= 11 is 0. The van der Waals surface area contributed by atoms with Crippen LogP contribution in [0.4, 0.5) is 0 Å². The van der Waals surface area contributed by atoms with Crippen molar-refractivity contribution in [1.82, 2.24) is 19.6 Å². The van der Waals surface area contributed by atoms with E-state index in [-0.39, 0.29) is 5.92 Å². The average molecular weight is 318 g/mol. The number of ether oxygens (including phenoxy) is 1. The lowest BCUT2D eigenvalue weighted by Gasteiger charge is -2.38. The van der Waals surface area contributed by atoms with Crippen molar-refractivity contribution in [3.63, 3.8) is 0 Å². The molecule has 0 spiro atoms. The second-order valence-corrected chi connectivity index (χ2v) is 7.24. The number of amides is 1. The quantitative estimate of drug-likeness (QED) is 0.829. The Balaban J connectivity index is 1.38. The number of piperidine rings is 1. The zero-order chi connectivity index (χ0) is 15.8. The van der Waals surface area contributed by atoms with Crippen molar-refractivity contribution in [1.29, 1.82) is 0 Å². The maximum Gasteiger partial charge on any atom is 0.228 e. The lowest BCUT2D eigenvalue weighted by molar-refractivity contribution is -0.137. The van der Waals surface area contributed by atoms with E-state index >= 15 is 0 Å². The average Bonchev–Trinajstić information content (AvgIpc) is 3.30. The molecule has 3 fully saturated rings. The number of likely N-dealkylation sites (tertiary alicyclic amines) is 2. The molecule has 0 unspecified atom stereocenters. The van der Waals surface area contributed by atoms with Crippen LogP contribution in [0.5, 0.6) is 0 Å². The number of hydrogen-bond donors (Lipinski definition) is 0. The van der Waals surface area contributed by atoms with E-state index in [4.69, 9.17) is 4.74 Å². The first-order valence-electron chi connectivity index (χ1n) is 8.78. The molecule has 0 radical (unpaired) electrons. The molecule has 1 amide bonds. The Labute approximate surface area is 137 Å². The Bertz CT molecular complexity index is 541. The monoisotopic (exact) mass is 318 g/mol. The summed E-state index contributed by atoms with van der Waals surface area (Å²) in [6.07, 6.45) is 7.02. The van der Waals surface area contributed by atoms with E-state index < -0.39 is 0 Å². The smallest absolute Gasteiger partial charge is 0.228 e. The van der Waals surface area contributed by atoms with Crippen LogP contribution in [0.3, 0.4) is 0 Å². The maximum absolute atomic E-state index is 12.6. The summed E-state index contributed by atoms with van der Waals surface area (Å²) in [6.45, 7) is 4.12. The van der Waals surface area contributed by atoms with E-state index in [1.54, 1.807) is 0 Å². The van der Waals surface area contributed by atoms with Crippen molar-refractivity contribution >= 4 is 5.91 Å². The van der Waals surface area contributed by atoms with Crippen molar-refractivity contribution in [2.45, 2.75) is 37.9 Å². The lowest BCUT2D eigenvalue weighted by Crippen LogP contribution is -2.49. The summed E-state index contributed by atoms with van der Waals surface area (Å²) in [5.41, 5.74) is 0. The zero-order valence-corrected chi connectivity index (χ0v) is 13.8. The van der Waals surface area contributed by atoms with Gasteiger partial charge in [0.2, 0.25) is 5.91 Å². The van der Waals surface area contributed by atoms with Crippen LogP contribution >= 0.6 is 0 Å². The van der Waals surface area contributed by atoms with Gasteiger partial charge in [-0.1, -0.05) is 0 Å². The summed E-state index contributed by atoms with van der Waals surface area (Å²) in [5, 5.41) is 4.34. The molecule has 0 N–H and O–H groups in total. The highest BCUT2D eigenvalue weighted by Gasteiger charge is 2.43. The van der Waals surface area contributed by atoms with Gasteiger partial charge in [-0.3, -0.25) is 14.4 Å². The number of fused-ring (bicyclic) bond motifs is 1. The highest BCUT2D eigenvalue weighted by Crippen LogP contribution is 2.35. The number of rotatable bonds is 3. The predicted octanol–water partition coefficient (Wildman–Crippen LogP) is 0.841. The van der Waals surface area contributed by atoms with Crippen LogP contribution in [0.1, 0.15) is 19.3 Å². The number of carbonyl (C=O) groups is 1. The Kier molecular flexibility index (Phi) is 4.11. The fraction of sp³-hybridized carbons (Fsp3) is 0.765. The Morgan fingerprint density at radius 1 is 1.39 bits per heavy atom. The standard InChI is InChI=1S/C17H26N4O2/c1-19-15(11-21-6-2-5-18-21)9-14-10-20(7-3-16(14)19)17(22)13-4-8-23-12-13/h2,5-6,13-16H,3-4,7-12H2,1H3/t13-,14+,15-,16-/m0/s1. The van der Waals surface area contributed by atoms with Crippen LogP contribution in [-0.2, 0) is 16.1 Å². The molecule has 4 atom stereocenters. The van der Waals surface area contributed by atoms with Gasteiger partial charge in [0.25, 0.3) is 0 Å². The number of carbonyl (C=O) groups excluding carboxylic acids is 1. The predicted molar refractivity (Wildman–Crippen MR) is 85.8 cm³/mol. The second-order valence-electron chi connectivity index (χ2n) is 7.24. The minimum Gasteiger partial charge on any atom is -0.381 e. The third-order valence-corrected chi connectivity index (χ3v) is 5.92. The fourth-order valence-corrected chi connectivity index (χ4v) is 4.59. The second kappa shape index (κ2) is 6.24. The number of aromatic nitrogens is 2. The molecule has 4 heterocycles. The molecule has 4 rings (SSSR count). The van der Waals surface area contributed by atoms with E-state index in [0.717, 1.165) is 45.5 Å². The van der Waals surface area contributed by atoms with Gasteiger partial charge >= 0.3 is 0 Å². The summed E-state index contributed by atoms with van der Waals surface area (Å²) in [6, 6.07) is 3.11. The largest absolute Gasteiger partial charge is 0.381 e. The normalized spacial score (nSPS) is 34.7. The molecule has 1 aromatic rings. The molecular weight excluding hydrogens is 292 g/mol. The van der Waals surface area contributed by atoms with Gasteiger partial charge in [0, 0.05) is 44.2 Å². The third kappa shape index (κ3) is 2.90. The summed E-state index contributed by atoms with van der Waals surface area (Å²) in [4.78, 5) is 17.2. The van der Waals surface area contributed by atoms with Crippen LogP contribution < -0.4 is 0 Å². The molecule has 3 saturated heterocycles. The molecule has 6 heteroatoms. The first-order valence-corrected chi connectivity index (χ1v) is 8.78. The van der Waals surface area contributed by atoms with Gasteiger partial charge < -0.3 is 9.64 Å². The van der Waals surface area contributed by atoms with Gasteiger partial charge in [0.05, 0.1) is 19.1 Å². The first kappa shape index (κ1) is 15.1. The molecule has 23 heavy (non-hydrogen) atoms. The van der Waals surface area contributed by atoms with Crippen LogP contribution in [0.25, 0.3) is 0 Å². The molecule has 0 saturated carbocycles. The highest BCUT2D eigenvalue weighted by molar-refractivity contribution is 5.79. The zero-order valence-electron chi connectivity index (χ0n) is 13.8. The van der Waals surface area contributed by atoms with Crippen molar-refractivity contribution in [2.24, 2.45) is 11.8 Å². The van der Waals surface area contributed by atoms with E-state index in [2.05, 4.69) is 21.9 Å². The number of hydrogen-bond acceptors (Lipinski definition) is 4. The van der Waals surface area contributed by atoms with Crippen LogP contribution in [0, 0.1) is 11.8 Å². The highest BCUT2D eigenvalue weighted by atomic mass is 16.5. The molecule has 3 aliphatic heterocycles. The van der Waals surface area contributed by atoms with Crippen molar-refractivity contribution in [3.8, 4) is 0 Å². The Morgan fingerprint density at radius 2 is 2.30 bits per heavy atom. The van der Waals surface area contributed by atoms with Crippen LogP contribution in [-0.4, -0.2) is 70.9 Å². The van der Waals surface area contributed by atoms with Gasteiger partial charge in [0.15, 0.2) is 0 Å². The molecular formula is C17H26N4O2. The SMILES string of the molecule is CN1[C@H](Cn2cccn2)C[C@@H]2CN(C(=O)[C@H]3CCOC3)CC[C@@H]21. The third-order valence-electron chi connectivity index (χ3n) is 5.92. The molecule has 0 aromatic carbocycles. The van der Waals surface area contributed by atoms with Crippen LogP contribution in [0.2, 0.25) is 0 Å². The molecule has 3 aliphatic rings. The summed E-state index contributed by atoms with van der Waals surface area (Å²) in [7, 11) is 2.24. The van der Waals surface area contributed by atoms with Crippen LogP contribution in [0.15, 0.2) is 18.5 Å². The lowest BCUT2D eigenvalue weighted by atomic mass is 9.91. The maximum atomic E-state index is 12.6. The van der Waals surface area contributed by atoms with Gasteiger partial charge in [0.1, 0.15) is 0 Å². The molecule has 6 nitrogen and oxygen atoms in total. The van der Waals surface area contributed by atoms with E-state index in [0.29, 0.717) is 30.5 Å². The van der Waals surface area contributed by atoms with Crippen molar-refractivity contribution < 1.29 is 9.53 Å². The molecule has 0 aliphatic carbocycles. The van der Waals surface area contributed by atoms with Gasteiger partial charge in [-0.05, 0) is 38.3 Å². The van der Waals surface area contributed by atoms with E-state index in [9.17, 15) is 4.79 Å². The van der Waals surface area contributed by atoms with Crippen molar-refractivity contribution in [3.05, 3.63) is 18.5 Å². The number of nitrogens with zero attached hydrogens (tertiary/aromatic N) is 4. The first-order chi connectivity index (χ1) is 11.2. The summed E-state index contributed by atoms with van der Waals surface area (Å²) < 4.78 is 7.41. The fourth-order valence-electron chi connectivity index (χ4n) is 4.59. The van der Waals surface area contributed by atoms with Gasteiger partial charge in [-0.15, -0.1) is 0 Å². The summed E-state index contributed by atoms with van der Waals surface area (Å²) in [5.74, 6) is 1.02. The minimum absolute atomic E-state index is 0.102. The molecule has 0 bridgehead atoms.